The smallest absolute Gasteiger partial charge is 0.0558 e. The van der Waals surface area contributed by atoms with Crippen molar-refractivity contribution in [2.75, 3.05) is 19.7 Å². The molecule has 0 heterocycles. The van der Waals surface area contributed by atoms with Crippen LogP contribution < -0.4 is 0 Å². The zero-order valence-corrected chi connectivity index (χ0v) is 14.1. The molecular formula is C18H31NO. The highest BCUT2D eigenvalue weighted by Crippen LogP contribution is 2.27. The molecule has 0 saturated carbocycles. The summed E-state index contributed by atoms with van der Waals surface area (Å²) in [6, 6.07) is 4.65. The molecule has 0 aromatic heterocycles. The summed E-state index contributed by atoms with van der Waals surface area (Å²) in [7, 11) is 0. The van der Waals surface area contributed by atoms with Gasteiger partial charge < -0.3 is 5.11 Å². The second kappa shape index (κ2) is 7.24. The van der Waals surface area contributed by atoms with Crippen LogP contribution in [0, 0.1) is 13.8 Å². The third-order valence-corrected chi connectivity index (χ3v) is 3.90. The molecule has 0 aliphatic carbocycles. The lowest BCUT2D eigenvalue weighted by atomic mass is 9.83. The Kier molecular flexibility index (Phi) is 6.22. The van der Waals surface area contributed by atoms with Crippen molar-refractivity contribution in [2.24, 2.45) is 0 Å². The zero-order chi connectivity index (χ0) is 15.3. The summed E-state index contributed by atoms with van der Waals surface area (Å²) in [6.45, 7) is 16.4. The number of aliphatic hydroxyl groups excluding tert-OH is 1. The van der Waals surface area contributed by atoms with Crippen molar-refractivity contribution in [1.29, 1.82) is 0 Å². The highest BCUT2D eigenvalue weighted by Gasteiger charge is 2.17. The SMILES string of the molecule is CCCN(CCO)Cc1c(C)cc(C(C)(C)C)cc1C. The molecule has 1 rings (SSSR count). The van der Waals surface area contributed by atoms with Crippen LogP contribution in [-0.4, -0.2) is 29.7 Å². The molecule has 0 atom stereocenters. The van der Waals surface area contributed by atoms with Crippen LogP contribution in [-0.2, 0) is 12.0 Å². The van der Waals surface area contributed by atoms with Gasteiger partial charge in [-0.05, 0) is 54.5 Å². The van der Waals surface area contributed by atoms with Crippen molar-refractivity contribution in [3.8, 4) is 0 Å². The quantitative estimate of drug-likeness (QED) is 0.855. The molecule has 0 saturated heterocycles. The zero-order valence-electron chi connectivity index (χ0n) is 14.1. The summed E-state index contributed by atoms with van der Waals surface area (Å²) >= 11 is 0. The first-order chi connectivity index (χ1) is 9.29. The molecule has 1 aromatic carbocycles. The van der Waals surface area contributed by atoms with E-state index in [4.69, 9.17) is 0 Å². The van der Waals surface area contributed by atoms with Gasteiger partial charge in [0, 0.05) is 13.1 Å². The number of rotatable bonds is 6. The maximum atomic E-state index is 9.19. The number of aliphatic hydroxyl groups is 1. The molecule has 1 N–H and O–H groups in total. The van der Waals surface area contributed by atoms with Crippen molar-refractivity contribution < 1.29 is 5.11 Å². The number of hydrogen-bond acceptors (Lipinski definition) is 2. The summed E-state index contributed by atoms with van der Waals surface area (Å²) in [4.78, 5) is 2.34. The molecular weight excluding hydrogens is 246 g/mol. The summed E-state index contributed by atoms with van der Waals surface area (Å²) in [6.07, 6.45) is 1.12. The van der Waals surface area contributed by atoms with Crippen LogP contribution in [0.15, 0.2) is 12.1 Å². The monoisotopic (exact) mass is 277 g/mol. The Balaban J connectivity index is 3.01. The van der Waals surface area contributed by atoms with Crippen LogP contribution in [0.4, 0.5) is 0 Å². The van der Waals surface area contributed by atoms with E-state index in [0.717, 1.165) is 26.1 Å². The maximum Gasteiger partial charge on any atom is 0.0558 e. The van der Waals surface area contributed by atoms with E-state index in [1.54, 1.807) is 0 Å². The Morgan fingerprint density at radius 3 is 2.00 bits per heavy atom. The van der Waals surface area contributed by atoms with E-state index in [2.05, 4.69) is 58.6 Å². The van der Waals surface area contributed by atoms with Crippen LogP contribution in [0.5, 0.6) is 0 Å². The summed E-state index contributed by atoms with van der Waals surface area (Å²) in [5, 5.41) is 9.19. The van der Waals surface area contributed by atoms with Crippen molar-refractivity contribution in [2.45, 2.75) is 59.9 Å². The van der Waals surface area contributed by atoms with Gasteiger partial charge in [-0.3, -0.25) is 4.90 Å². The van der Waals surface area contributed by atoms with E-state index < -0.39 is 0 Å². The van der Waals surface area contributed by atoms with Crippen molar-refractivity contribution in [3.05, 3.63) is 34.4 Å². The van der Waals surface area contributed by atoms with Gasteiger partial charge in [0.2, 0.25) is 0 Å². The van der Waals surface area contributed by atoms with Gasteiger partial charge in [-0.2, -0.15) is 0 Å². The van der Waals surface area contributed by atoms with E-state index in [0.29, 0.717) is 0 Å². The topological polar surface area (TPSA) is 23.5 Å². The van der Waals surface area contributed by atoms with Gasteiger partial charge in [0.05, 0.1) is 6.61 Å². The number of nitrogens with zero attached hydrogens (tertiary/aromatic N) is 1. The average Bonchev–Trinajstić information content (AvgIpc) is 2.32. The van der Waals surface area contributed by atoms with E-state index in [1.807, 2.05) is 0 Å². The average molecular weight is 277 g/mol. The van der Waals surface area contributed by atoms with E-state index in [-0.39, 0.29) is 12.0 Å². The minimum Gasteiger partial charge on any atom is -0.395 e. The van der Waals surface area contributed by atoms with Gasteiger partial charge >= 0.3 is 0 Å². The van der Waals surface area contributed by atoms with Crippen LogP contribution in [0.3, 0.4) is 0 Å². The normalized spacial score (nSPS) is 12.2. The molecule has 20 heavy (non-hydrogen) atoms. The molecule has 0 aliphatic heterocycles. The number of aryl methyl sites for hydroxylation is 2. The second-order valence-corrected chi connectivity index (χ2v) is 6.84. The van der Waals surface area contributed by atoms with Crippen LogP contribution in [0.1, 0.15) is 56.4 Å². The van der Waals surface area contributed by atoms with Crippen molar-refractivity contribution >= 4 is 0 Å². The maximum absolute atomic E-state index is 9.19. The molecule has 0 spiro atoms. The number of benzene rings is 1. The minimum atomic E-state index is 0.197. The first-order valence-corrected chi connectivity index (χ1v) is 7.73. The fourth-order valence-corrected chi connectivity index (χ4v) is 2.63. The lowest BCUT2D eigenvalue weighted by molar-refractivity contribution is 0.190. The van der Waals surface area contributed by atoms with E-state index in [1.165, 1.54) is 22.3 Å². The molecule has 114 valence electrons. The van der Waals surface area contributed by atoms with Crippen molar-refractivity contribution in [1.82, 2.24) is 4.90 Å². The van der Waals surface area contributed by atoms with Crippen molar-refractivity contribution in [3.63, 3.8) is 0 Å². The fraction of sp³-hybridized carbons (Fsp3) is 0.667. The third-order valence-electron chi connectivity index (χ3n) is 3.90. The lowest BCUT2D eigenvalue weighted by Gasteiger charge is -2.26. The van der Waals surface area contributed by atoms with Crippen LogP contribution in [0.2, 0.25) is 0 Å². The molecule has 0 fully saturated rings. The highest BCUT2D eigenvalue weighted by molar-refractivity contribution is 5.40. The largest absolute Gasteiger partial charge is 0.395 e. The Bertz CT molecular complexity index is 403. The predicted molar refractivity (Wildman–Crippen MR) is 87.3 cm³/mol. The van der Waals surface area contributed by atoms with Gasteiger partial charge in [-0.15, -0.1) is 0 Å². The highest BCUT2D eigenvalue weighted by atomic mass is 16.3. The fourth-order valence-electron chi connectivity index (χ4n) is 2.63. The molecule has 2 heteroatoms. The standard InChI is InChI=1S/C18H31NO/c1-7-8-19(9-10-20)13-17-14(2)11-16(12-15(17)3)18(4,5)6/h11-12,20H,7-10,13H2,1-6H3. The first kappa shape index (κ1) is 17.2. The molecule has 0 radical (unpaired) electrons. The van der Waals surface area contributed by atoms with Gasteiger partial charge in [-0.25, -0.2) is 0 Å². The molecule has 0 aliphatic rings. The Morgan fingerprint density at radius 2 is 1.60 bits per heavy atom. The van der Waals surface area contributed by atoms with Crippen LogP contribution >= 0.6 is 0 Å². The lowest BCUT2D eigenvalue weighted by Crippen LogP contribution is -2.28. The predicted octanol–water partition coefficient (Wildman–Crippen LogP) is 3.81. The molecule has 2 nitrogen and oxygen atoms in total. The van der Waals surface area contributed by atoms with Gasteiger partial charge in [0.25, 0.3) is 0 Å². The Hall–Kier alpha value is -0.860. The Morgan fingerprint density at radius 1 is 1.05 bits per heavy atom. The van der Waals surface area contributed by atoms with Gasteiger partial charge in [0.15, 0.2) is 0 Å². The van der Waals surface area contributed by atoms with Crippen LogP contribution in [0.25, 0.3) is 0 Å². The molecule has 0 amide bonds. The van der Waals surface area contributed by atoms with Gasteiger partial charge in [-0.1, -0.05) is 39.8 Å². The summed E-state index contributed by atoms with van der Waals surface area (Å²) < 4.78 is 0. The van der Waals surface area contributed by atoms with E-state index in [9.17, 15) is 5.11 Å². The Labute approximate surface area is 124 Å². The second-order valence-electron chi connectivity index (χ2n) is 6.84. The first-order valence-electron chi connectivity index (χ1n) is 7.73. The number of hydrogen-bond donors (Lipinski definition) is 1. The molecule has 1 aromatic rings. The summed E-state index contributed by atoms with van der Waals surface area (Å²) in [5.74, 6) is 0. The molecule has 0 bridgehead atoms. The van der Waals surface area contributed by atoms with Gasteiger partial charge in [0.1, 0.15) is 0 Å². The summed E-state index contributed by atoms with van der Waals surface area (Å²) in [5.41, 5.74) is 5.76. The third kappa shape index (κ3) is 4.60. The minimum absolute atomic E-state index is 0.197. The van der Waals surface area contributed by atoms with E-state index >= 15 is 0 Å². The molecule has 0 unspecified atom stereocenters.